The molecular formula is C23H31NO6. The summed E-state index contributed by atoms with van der Waals surface area (Å²) in [5.74, 6) is -0.548. The minimum atomic E-state index is -0.805. The Morgan fingerprint density at radius 2 is 1.97 bits per heavy atom. The molecule has 0 saturated heterocycles. The van der Waals surface area contributed by atoms with E-state index >= 15 is 0 Å². The van der Waals surface area contributed by atoms with Crippen LogP contribution in [-0.2, 0) is 16.0 Å². The van der Waals surface area contributed by atoms with Crippen LogP contribution in [0.25, 0.3) is 11.0 Å². The predicted octanol–water partition coefficient (Wildman–Crippen LogP) is 3.97. The fourth-order valence-electron chi connectivity index (χ4n) is 3.29. The van der Waals surface area contributed by atoms with Crippen LogP contribution in [0.4, 0.5) is 0 Å². The lowest BCUT2D eigenvalue weighted by Gasteiger charge is -2.17. The fourth-order valence-corrected chi connectivity index (χ4v) is 3.29. The van der Waals surface area contributed by atoms with Crippen LogP contribution in [0, 0.1) is 6.92 Å². The van der Waals surface area contributed by atoms with Gasteiger partial charge in [0.1, 0.15) is 11.3 Å². The van der Waals surface area contributed by atoms with Crippen molar-refractivity contribution < 1.29 is 23.8 Å². The fraction of sp³-hybridized carbons (Fsp3) is 0.522. The molecule has 1 heterocycles. The lowest BCUT2D eigenvalue weighted by molar-refractivity contribution is -0.137. The number of carbonyl (C=O) groups is 2. The van der Waals surface area contributed by atoms with Crippen molar-refractivity contribution in [2.75, 3.05) is 6.54 Å². The summed E-state index contributed by atoms with van der Waals surface area (Å²) >= 11 is 0. The van der Waals surface area contributed by atoms with Crippen LogP contribution in [0.1, 0.15) is 63.5 Å². The monoisotopic (exact) mass is 417 g/mol. The number of aryl methyl sites for hydroxylation is 2. The van der Waals surface area contributed by atoms with Crippen LogP contribution < -0.4 is 15.7 Å². The second-order valence-corrected chi connectivity index (χ2v) is 7.52. The van der Waals surface area contributed by atoms with E-state index in [0.717, 1.165) is 36.6 Å². The zero-order valence-electron chi connectivity index (χ0n) is 18.0. The number of fused-ring (bicyclic) bond motifs is 1. The summed E-state index contributed by atoms with van der Waals surface area (Å²) < 4.78 is 11.3. The Labute approximate surface area is 176 Å². The Morgan fingerprint density at radius 1 is 1.20 bits per heavy atom. The molecule has 30 heavy (non-hydrogen) atoms. The number of carboxylic acid groups (broad SMARTS) is 1. The normalized spacial score (nSPS) is 12.0. The maximum atomic E-state index is 12.3. The molecule has 0 radical (unpaired) electrons. The second-order valence-electron chi connectivity index (χ2n) is 7.52. The molecular weight excluding hydrogens is 386 g/mol. The molecule has 2 N–H and O–H groups in total. The lowest BCUT2D eigenvalue weighted by atomic mass is 10.0. The van der Waals surface area contributed by atoms with Crippen molar-refractivity contribution in [3.63, 3.8) is 0 Å². The first-order valence-corrected chi connectivity index (χ1v) is 10.6. The minimum absolute atomic E-state index is 0.144. The molecule has 0 bridgehead atoms. The van der Waals surface area contributed by atoms with E-state index in [-0.39, 0.29) is 18.0 Å². The van der Waals surface area contributed by atoms with Crippen LogP contribution in [0.15, 0.2) is 27.4 Å². The smallest absolute Gasteiger partial charge is 0.336 e. The Hall–Kier alpha value is -2.83. The maximum Gasteiger partial charge on any atom is 0.336 e. The molecule has 7 nitrogen and oxygen atoms in total. The standard InChI is InChI=1S/C23H31NO6/c1-4-5-9-17-14-21(27)30-22-15(2)19(12-11-18(17)22)29-16(3)23(28)24-13-8-6-7-10-20(25)26/h11-12,14,16H,4-10,13H2,1-3H3,(H,24,28)(H,25,26)/t16-/m1/s1. The Balaban J connectivity index is 2.01. The van der Waals surface area contributed by atoms with E-state index in [1.807, 2.05) is 19.1 Å². The summed E-state index contributed by atoms with van der Waals surface area (Å²) in [4.78, 5) is 34.8. The molecule has 1 amide bonds. The van der Waals surface area contributed by atoms with Gasteiger partial charge in [-0.3, -0.25) is 9.59 Å². The van der Waals surface area contributed by atoms with Crippen molar-refractivity contribution in [2.24, 2.45) is 0 Å². The first-order chi connectivity index (χ1) is 14.3. The number of nitrogens with one attached hydrogen (secondary N) is 1. The van der Waals surface area contributed by atoms with Gasteiger partial charge in [0.15, 0.2) is 6.10 Å². The average molecular weight is 418 g/mol. The second kappa shape index (κ2) is 11.4. The van der Waals surface area contributed by atoms with Crippen molar-refractivity contribution in [2.45, 2.75) is 71.8 Å². The number of benzene rings is 1. The molecule has 1 aromatic heterocycles. The Kier molecular flexibility index (Phi) is 8.89. The average Bonchev–Trinajstić information content (AvgIpc) is 2.70. The maximum absolute atomic E-state index is 12.3. The van der Waals surface area contributed by atoms with Gasteiger partial charge in [-0.05, 0) is 57.2 Å². The topological polar surface area (TPSA) is 106 Å². The molecule has 0 spiro atoms. The van der Waals surface area contributed by atoms with Crippen LogP contribution in [-0.4, -0.2) is 29.6 Å². The van der Waals surface area contributed by atoms with Crippen molar-refractivity contribution >= 4 is 22.8 Å². The van der Waals surface area contributed by atoms with Gasteiger partial charge in [-0.15, -0.1) is 0 Å². The van der Waals surface area contributed by atoms with E-state index in [1.165, 1.54) is 0 Å². The zero-order valence-corrected chi connectivity index (χ0v) is 18.0. The highest BCUT2D eigenvalue weighted by atomic mass is 16.5. The van der Waals surface area contributed by atoms with Gasteiger partial charge in [-0.1, -0.05) is 19.8 Å². The van der Waals surface area contributed by atoms with E-state index in [0.29, 0.717) is 36.3 Å². The van der Waals surface area contributed by atoms with E-state index in [1.54, 1.807) is 13.0 Å². The highest BCUT2D eigenvalue weighted by molar-refractivity contribution is 5.85. The van der Waals surface area contributed by atoms with Gasteiger partial charge in [-0.2, -0.15) is 0 Å². The largest absolute Gasteiger partial charge is 0.481 e. The highest BCUT2D eigenvalue weighted by Gasteiger charge is 2.18. The van der Waals surface area contributed by atoms with E-state index < -0.39 is 12.1 Å². The molecule has 2 aromatic rings. The zero-order chi connectivity index (χ0) is 22.1. The molecule has 0 saturated carbocycles. The van der Waals surface area contributed by atoms with Crippen molar-refractivity contribution in [3.8, 4) is 5.75 Å². The Bertz CT molecular complexity index is 933. The molecule has 1 atom stereocenters. The third kappa shape index (κ3) is 6.61. The predicted molar refractivity (Wildman–Crippen MR) is 115 cm³/mol. The van der Waals surface area contributed by atoms with Crippen LogP contribution in [0.2, 0.25) is 0 Å². The number of hydrogen-bond acceptors (Lipinski definition) is 5. The third-order valence-electron chi connectivity index (χ3n) is 5.04. The minimum Gasteiger partial charge on any atom is -0.481 e. The summed E-state index contributed by atoms with van der Waals surface area (Å²) in [6, 6.07) is 5.23. The number of rotatable bonds is 12. The molecule has 7 heteroatoms. The molecule has 0 aliphatic carbocycles. The van der Waals surface area contributed by atoms with Gasteiger partial charge >= 0.3 is 11.6 Å². The van der Waals surface area contributed by atoms with Gasteiger partial charge in [0.05, 0.1) is 0 Å². The van der Waals surface area contributed by atoms with Crippen molar-refractivity contribution in [1.29, 1.82) is 0 Å². The highest BCUT2D eigenvalue weighted by Crippen LogP contribution is 2.29. The van der Waals surface area contributed by atoms with Crippen molar-refractivity contribution in [1.82, 2.24) is 5.32 Å². The summed E-state index contributed by atoms with van der Waals surface area (Å²) in [6.45, 7) is 6.06. The number of carboxylic acids is 1. The van der Waals surface area contributed by atoms with Crippen LogP contribution in [0.3, 0.4) is 0 Å². The first-order valence-electron chi connectivity index (χ1n) is 10.6. The van der Waals surface area contributed by atoms with E-state index in [9.17, 15) is 14.4 Å². The molecule has 0 aliphatic rings. The number of ether oxygens (including phenoxy) is 1. The summed E-state index contributed by atoms with van der Waals surface area (Å²) in [5, 5.41) is 12.3. The van der Waals surface area contributed by atoms with Crippen molar-refractivity contribution in [3.05, 3.63) is 39.7 Å². The van der Waals surface area contributed by atoms with Crippen LogP contribution >= 0.6 is 0 Å². The van der Waals surface area contributed by atoms with Gasteiger partial charge in [0, 0.05) is 30.0 Å². The van der Waals surface area contributed by atoms with Crippen LogP contribution in [0.5, 0.6) is 5.75 Å². The third-order valence-corrected chi connectivity index (χ3v) is 5.04. The van der Waals surface area contributed by atoms with Gasteiger partial charge in [0.2, 0.25) is 0 Å². The molecule has 0 aliphatic heterocycles. The number of aliphatic carboxylic acids is 1. The summed E-state index contributed by atoms with van der Waals surface area (Å²) in [5.41, 5.74) is 1.77. The number of unbranched alkanes of at least 4 members (excludes halogenated alkanes) is 3. The number of carbonyl (C=O) groups excluding carboxylic acids is 1. The lowest BCUT2D eigenvalue weighted by Crippen LogP contribution is -2.36. The SMILES string of the molecule is CCCCc1cc(=O)oc2c(C)c(O[C@H](C)C(=O)NCCCCCC(=O)O)ccc12. The summed E-state index contributed by atoms with van der Waals surface area (Å²) in [7, 11) is 0. The van der Waals surface area contributed by atoms with Gasteiger partial charge in [-0.25, -0.2) is 4.79 Å². The first kappa shape index (κ1) is 23.4. The molecule has 1 aromatic carbocycles. The van der Waals surface area contributed by atoms with Gasteiger partial charge < -0.3 is 19.6 Å². The quantitative estimate of drug-likeness (QED) is 0.400. The van der Waals surface area contributed by atoms with E-state index in [4.69, 9.17) is 14.3 Å². The summed E-state index contributed by atoms with van der Waals surface area (Å²) in [6.07, 6.45) is 4.32. The number of hydrogen-bond donors (Lipinski definition) is 2. The molecule has 0 unspecified atom stereocenters. The molecule has 164 valence electrons. The number of amides is 1. The molecule has 0 fully saturated rings. The Morgan fingerprint density at radius 3 is 2.67 bits per heavy atom. The van der Waals surface area contributed by atoms with Gasteiger partial charge in [0.25, 0.3) is 5.91 Å². The molecule has 2 rings (SSSR count). The van der Waals surface area contributed by atoms with E-state index in [2.05, 4.69) is 12.2 Å².